The molecule has 0 spiro atoms. The molecule has 1 saturated heterocycles. The van der Waals surface area contributed by atoms with Crippen LogP contribution in [0.25, 0.3) is 22.6 Å². The molecule has 3 heterocycles. The average Bonchev–Trinajstić information content (AvgIpc) is 2.75. The predicted molar refractivity (Wildman–Crippen MR) is 112 cm³/mol. The van der Waals surface area contributed by atoms with Gasteiger partial charge in [-0.25, -0.2) is 9.97 Å². The fraction of sp³-hybridized carbons (Fsp3) is 0.318. The normalized spacial score (nSPS) is 16.9. The summed E-state index contributed by atoms with van der Waals surface area (Å²) in [5.74, 6) is 1.56. The molecule has 5 nitrogen and oxygen atoms in total. The summed E-state index contributed by atoms with van der Waals surface area (Å²) < 4.78 is 0. The van der Waals surface area contributed by atoms with Gasteiger partial charge in [0.2, 0.25) is 0 Å². The SMILES string of the molecule is OCCC1CCCCN1c1cc(-c2ccc(Cl)cc2)nc(-c2cccnc2)n1. The van der Waals surface area contributed by atoms with Crippen LogP contribution in [0.1, 0.15) is 25.7 Å². The number of aromatic nitrogens is 3. The number of aliphatic hydroxyl groups excluding tert-OH is 1. The third-order valence-electron chi connectivity index (χ3n) is 5.16. The van der Waals surface area contributed by atoms with Crippen LogP contribution in [-0.4, -0.2) is 39.3 Å². The molecule has 3 aromatic rings. The summed E-state index contributed by atoms with van der Waals surface area (Å²) >= 11 is 6.06. The van der Waals surface area contributed by atoms with Crippen LogP contribution in [0, 0.1) is 0 Å². The van der Waals surface area contributed by atoms with E-state index in [4.69, 9.17) is 21.6 Å². The van der Waals surface area contributed by atoms with Crippen molar-refractivity contribution in [2.24, 2.45) is 0 Å². The molecule has 1 N–H and O–H groups in total. The van der Waals surface area contributed by atoms with Crippen molar-refractivity contribution in [2.75, 3.05) is 18.1 Å². The first kappa shape index (κ1) is 18.8. The third kappa shape index (κ3) is 4.16. The largest absolute Gasteiger partial charge is 0.396 e. The summed E-state index contributed by atoms with van der Waals surface area (Å²) in [4.78, 5) is 16.2. The smallest absolute Gasteiger partial charge is 0.163 e. The van der Waals surface area contributed by atoms with Crippen molar-refractivity contribution in [3.05, 3.63) is 59.9 Å². The Balaban J connectivity index is 1.80. The summed E-state index contributed by atoms with van der Waals surface area (Å²) in [7, 11) is 0. The molecule has 1 aliphatic rings. The summed E-state index contributed by atoms with van der Waals surface area (Å²) in [6.45, 7) is 1.12. The Kier molecular flexibility index (Phi) is 5.84. The maximum atomic E-state index is 9.49. The van der Waals surface area contributed by atoms with Gasteiger partial charge in [-0.1, -0.05) is 23.7 Å². The molecule has 1 atom stereocenters. The van der Waals surface area contributed by atoms with E-state index in [2.05, 4.69) is 9.88 Å². The van der Waals surface area contributed by atoms with Crippen molar-refractivity contribution in [1.82, 2.24) is 15.0 Å². The summed E-state index contributed by atoms with van der Waals surface area (Å²) in [5, 5.41) is 10.2. The number of hydrogen-bond donors (Lipinski definition) is 1. The molecule has 144 valence electrons. The van der Waals surface area contributed by atoms with Gasteiger partial charge in [0.1, 0.15) is 5.82 Å². The number of piperidine rings is 1. The fourth-order valence-electron chi connectivity index (χ4n) is 3.73. The predicted octanol–water partition coefficient (Wildman–Crippen LogP) is 4.60. The number of aliphatic hydroxyl groups is 1. The van der Waals surface area contributed by atoms with Crippen LogP contribution in [0.2, 0.25) is 5.02 Å². The minimum Gasteiger partial charge on any atom is -0.396 e. The van der Waals surface area contributed by atoms with Gasteiger partial charge in [-0.2, -0.15) is 0 Å². The van der Waals surface area contributed by atoms with E-state index in [0.717, 1.165) is 48.4 Å². The molecule has 2 aromatic heterocycles. The lowest BCUT2D eigenvalue weighted by atomic mass is 9.99. The van der Waals surface area contributed by atoms with Gasteiger partial charge in [-0.3, -0.25) is 4.98 Å². The Labute approximate surface area is 170 Å². The fourth-order valence-corrected chi connectivity index (χ4v) is 3.85. The molecule has 1 aliphatic heterocycles. The average molecular weight is 395 g/mol. The molecular weight excluding hydrogens is 372 g/mol. The molecule has 0 amide bonds. The maximum absolute atomic E-state index is 9.49. The Morgan fingerprint density at radius 3 is 2.68 bits per heavy atom. The monoisotopic (exact) mass is 394 g/mol. The number of benzene rings is 1. The van der Waals surface area contributed by atoms with E-state index in [9.17, 15) is 5.11 Å². The molecule has 6 heteroatoms. The number of hydrogen-bond acceptors (Lipinski definition) is 5. The summed E-state index contributed by atoms with van der Waals surface area (Å²) in [5.41, 5.74) is 2.73. The molecule has 4 rings (SSSR count). The molecule has 1 unspecified atom stereocenters. The second-order valence-corrected chi connectivity index (χ2v) is 7.48. The number of nitrogens with zero attached hydrogens (tertiary/aromatic N) is 4. The minimum absolute atomic E-state index is 0.186. The molecular formula is C22H23ClN4O. The van der Waals surface area contributed by atoms with Crippen molar-refractivity contribution in [1.29, 1.82) is 0 Å². The highest BCUT2D eigenvalue weighted by Gasteiger charge is 2.24. The van der Waals surface area contributed by atoms with Crippen LogP contribution < -0.4 is 4.90 Å². The first-order valence-corrected chi connectivity index (χ1v) is 10.1. The minimum atomic E-state index is 0.186. The van der Waals surface area contributed by atoms with Gasteiger partial charge >= 0.3 is 0 Å². The Hall–Kier alpha value is -2.50. The first-order valence-electron chi connectivity index (χ1n) is 9.67. The lowest BCUT2D eigenvalue weighted by Gasteiger charge is -2.36. The van der Waals surface area contributed by atoms with Gasteiger partial charge in [0.15, 0.2) is 5.82 Å². The molecule has 1 aromatic carbocycles. The zero-order chi connectivity index (χ0) is 19.3. The van der Waals surface area contributed by atoms with Crippen LogP contribution in [-0.2, 0) is 0 Å². The standard InChI is InChI=1S/C22H23ClN4O/c23-18-8-6-16(7-9-18)20-14-21(27-12-2-1-5-19(27)10-13-28)26-22(25-20)17-4-3-11-24-15-17/h3-4,6-9,11,14-15,19,28H,1-2,5,10,12-13H2. The van der Waals surface area contributed by atoms with Gasteiger partial charge in [0, 0.05) is 53.8 Å². The second kappa shape index (κ2) is 8.67. The molecule has 0 aliphatic carbocycles. The van der Waals surface area contributed by atoms with E-state index >= 15 is 0 Å². The molecule has 1 fully saturated rings. The van der Waals surface area contributed by atoms with Crippen molar-refractivity contribution in [3.8, 4) is 22.6 Å². The zero-order valence-electron chi connectivity index (χ0n) is 15.6. The number of anilines is 1. The Bertz CT molecular complexity index is 916. The van der Waals surface area contributed by atoms with Crippen molar-refractivity contribution < 1.29 is 5.11 Å². The first-order chi connectivity index (χ1) is 13.7. The van der Waals surface area contributed by atoms with Gasteiger partial charge in [-0.05, 0) is 49.9 Å². The van der Waals surface area contributed by atoms with E-state index in [0.29, 0.717) is 16.9 Å². The van der Waals surface area contributed by atoms with Crippen molar-refractivity contribution in [2.45, 2.75) is 31.7 Å². The van der Waals surface area contributed by atoms with Crippen LogP contribution in [0.4, 0.5) is 5.82 Å². The van der Waals surface area contributed by atoms with E-state index in [-0.39, 0.29) is 6.61 Å². The number of pyridine rings is 1. The third-order valence-corrected chi connectivity index (χ3v) is 5.41. The van der Waals surface area contributed by atoms with Gasteiger partial charge < -0.3 is 10.0 Å². The number of halogens is 1. The Morgan fingerprint density at radius 2 is 1.93 bits per heavy atom. The molecule has 0 bridgehead atoms. The highest BCUT2D eigenvalue weighted by molar-refractivity contribution is 6.30. The van der Waals surface area contributed by atoms with E-state index in [1.807, 2.05) is 42.5 Å². The van der Waals surface area contributed by atoms with E-state index in [1.165, 1.54) is 6.42 Å². The lowest BCUT2D eigenvalue weighted by Crippen LogP contribution is -2.40. The quantitative estimate of drug-likeness (QED) is 0.685. The zero-order valence-corrected chi connectivity index (χ0v) is 16.4. The molecule has 0 radical (unpaired) electrons. The second-order valence-electron chi connectivity index (χ2n) is 7.04. The highest BCUT2D eigenvalue weighted by atomic mass is 35.5. The lowest BCUT2D eigenvalue weighted by molar-refractivity contribution is 0.262. The van der Waals surface area contributed by atoms with Crippen LogP contribution >= 0.6 is 11.6 Å². The molecule has 28 heavy (non-hydrogen) atoms. The van der Waals surface area contributed by atoms with Crippen LogP contribution in [0.5, 0.6) is 0 Å². The van der Waals surface area contributed by atoms with Crippen LogP contribution in [0.3, 0.4) is 0 Å². The van der Waals surface area contributed by atoms with Crippen molar-refractivity contribution in [3.63, 3.8) is 0 Å². The van der Waals surface area contributed by atoms with Crippen LogP contribution in [0.15, 0.2) is 54.9 Å². The topological polar surface area (TPSA) is 62.1 Å². The van der Waals surface area contributed by atoms with Crippen molar-refractivity contribution >= 4 is 17.4 Å². The molecule has 0 saturated carbocycles. The van der Waals surface area contributed by atoms with Gasteiger partial charge in [0.25, 0.3) is 0 Å². The summed E-state index contributed by atoms with van der Waals surface area (Å²) in [6.07, 6.45) is 7.67. The van der Waals surface area contributed by atoms with E-state index < -0.39 is 0 Å². The highest BCUT2D eigenvalue weighted by Crippen LogP contribution is 2.30. The maximum Gasteiger partial charge on any atom is 0.163 e. The van der Waals surface area contributed by atoms with E-state index in [1.54, 1.807) is 12.4 Å². The number of rotatable bonds is 5. The van der Waals surface area contributed by atoms with Gasteiger partial charge in [0.05, 0.1) is 5.69 Å². The Morgan fingerprint density at radius 1 is 1.07 bits per heavy atom. The summed E-state index contributed by atoms with van der Waals surface area (Å²) in [6, 6.07) is 13.9. The van der Waals surface area contributed by atoms with Gasteiger partial charge in [-0.15, -0.1) is 0 Å².